The zero-order valence-corrected chi connectivity index (χ0v) is 9.43. The molecule has 1 atom stereocenters. The Morgan fingerprint density at radius 3 is 2.77 bits per heavy atom. The Kier molecular flexibility index (Phi) is 3.35. The molecule has 13 heavy (non-hydrogen) atoms. The van der Waals surface area contributed by atoms with Gasteiger partial charge in [-0.05, 0) is 44.4 Å². The molecule has 0 heterocycles. The molecule has 0 N–H and O–H groups in total. The highest BCUT2D eigenvalue weighted by atomic mass is 14.4. The first kappa shape index (κ1) is 10.6. The van der Waals surface area contributed by atoms with Gasteiger partial charge in [0, 0.05) is 0 Å². The predicted octanol–water partition coefficient (Wildman–Crippen LogP) is 4.34. The smallest absolute Gasteiger partial charge is 0.0120 e. The summed E-state index contributed by atoms with van der Waals surface area (Å²) in [6.07, 6.45) is 10.7. The maximum absolute atomic E-state index is 2.42. The lowest BCUT2D eigenvalue weighted by molar-refractivity contribution is 0.216. The van der Waals surface area contributed by atoms with Crippen molar-refractivity contribution in [2.75, 3.05) is 0 Å². The Labute approximate surface area is 82.7 Å². The minimum atomic E-state index is 0.498. The molecule has 0 radical (unpaired) electrons. The molecular formula is C13H22. The highest BCUT2D eigenvalue weighted by Gasteiger charge is 2.31. The van der Waals surface area contributed by atoms with Crippen molar-refractivity contribution >= 4 is 0 Å². The van der Waals surface area contributed by atoms with Gasteiger partial charge in [-0.25, -0.2) is 0 Å². The van der Waals surface area contributed by atoms with Crippen molar-refractivity contribution in [2.24, 2.45) is 11.3 Å². The van der Waals surface area contributed by atoms with Crippen molar-refractivity contribution < 1.29 is 0 Å². The van der Waals surface area contributed by atoms with E-state index in [0.29, 0.717) is 5.41 Å². The first-order valence-corrected chi connectivity index (χ1v) is 5.36. The maximum Gasteiger partial charge on any atom is -0.0120 e. The van der Waals surface area contributed by atoms with Gasteiger partial charge in [-0.15, -0.1) is 0 Å². The molecule has 0 aromatic heterocycles. The summed E-state index contributed by atoms with van der Waals surface area (Å²) in [6.45, 7) is 9.19. The molecule has 1 aliphatic carbocycles. The lowest BCUT2D eigenvalue weighted by atomic mass is 9.67. The third-order valence-electron chi connectivity index (χ3n) is 3.36. The molecule has 0 fully saturated rings. The third kappa shape index (κ3) is 2.46. The van der Waals surface area contributed by atoms with Crippen LogP contribution < -0.4 is 0 Å². The monoisotopic (exact) mass is 178 g/mol. The molecule has 0 bridgehead atoms. The van der Waals surface area contributed by atoms with E-state index < -0.39 is 0 Å². The fraction of sp³-hybridized carbons (Fsp3) is 0.692. The van der Waals surface area contributed by atoms with E-state index in [1.165, 1.54) is 19.3 Å². The summed E-state index contributed by atoms with van der Waals surface area (Å²) >= 11 is 0. The van der Waals surface area contributed by atoms with E-state index in [2.05, 4.69) is 45.9 Å². The quantitative estimate of drug-likeness (QED) is 0.552. The zero-order chi connectivity index (χ0) is 9.90. The van der Waals surface area contributed by atoms with Gasteiger partial charge >= 0.3 is 0 Å². The van der Waals surface area contributed by atoms with E-state index in [-0.39, 0.29) is 0 Å². The molecule has 1 aliphatic rings. The van der Waals surface area contributed by atoms with Crippen LogP contribution in [-0.2, 0) is 0 Å². The molecule has 0 nitrogen and oxygen atoms in total. The lowest BCUT2D eigenvalue weighted by Gasteiger charge is -2.38. The van der Waals surface area contributed by atoms with Crippen molar-refractivity contribution in [2.45, 2.75) is 47.0 Å². The molecule has 0 saturated heterocycles. The second-order valence-corrected chi connectivity index (χ2v) is 4.83. The van der Waals surface area contributed by atoms with Crippen molar-refractivity contribution in [3.63, 3.8) is 0 Å². The fourth-order valence-corrected chi connectivity index (χ4v) is 2.38. The first-order chi connectivity index (χ1) is 6.08. The summed E-state index contributed by atoms with van der Waals surface area (Å²) in [5, 5.41) is 0. The van der Waals surface area contributed by atoms with Crippen LogP contribution in [0.2, 0.25) is 0 Å². The molecule has 0 amide bonds. The Balaban J connectivity index is 2.75. The van der Waals surface area contributed by atoms with E-state index in [4.69, 9.17) is 0 Å². The largest absolute Gasteiger partial charge is 0.0916 e. The van der Waals surface area contributed by atoms with Crippen LogP contribution in [0.1, 0.15) is 47.0 Å². The number of hydrogen-bond donors (Lipinski definition) is 0. The summed E-state index contributed by atoms with van der Waals surface area (Å²) in [6, 6.07) is 0. The van der Waals surface area contributed by atoms with Gasteiger partial charge in [0.25, 0.3) is 0 Å². The van der Waals surface area contributed by atoms with Crippen molar-refractivity contribution in [1.82, 2.24) is 0 Å². The van der Waals surface area contributed by atoms with E-state index in [1.807, 2.05) is 0 Å². The van der Waals surface area contributed by atoms with Crippen LogP contribution in [0.25, 0.3) is 0 Å². The van der Waals surface area contributed by atoms with E-state index in [0.717, 1.165) is 5.92 Å². The van der Waals surface area contributed by atoms with Gasteiger partial charge in [0.2, 0.25) is 0 Å². The van der Waals surface area contributed by atoms with Crippen LogP contribution in [0.15, 0.2) is 23.8 Å². The highest BCUT2D eigenvalue weighted by molar-refractivity contribution is 5.13. The van der Waals surface area contributed by atoms with Gasteiger partial charge in [0.15, 0.2) is 0 Å². The van der Waals surface area contributed by atoms with Crippen molar-refractivity contribution in [1.29, 1.82) is 0 Å². The average Bonchev–Trinajstić information content (AvgIpc) is 2.02. The SMILES string of the molecule is C/C=C/C[C@H]1C(C)=CCCC1(C)C. The van der Waals surface area contributed by atoms with Gasteiger partial charge in [-0.2, -0.15) is 0 Å². The molecule has 0 aliphatic heterocycles. The number of hydrogen-bond acceptors (Lipinski definition) is 0. The molecule has 0 spiro atoms. The Bertz CT molecular complexity index is 218. The molecule has 0 saturated carbocycles. The third-order valence-corrected chi connectivity index (χ3v) is 3.36. The highest BCUT2D eigenvalue weighted by Crippen LogP contribution is 2.42. The Morgan fingerprint density at radius 1 is 1.54 bits per heavy atom. The Hall–Kier alpha value is -0.520. The first-order valence-electron chi connectivity index (χ1n) is 5.36. The van der Waals surface area contributed by atoms with E-state index >= 15 is 0 Å². The predicted molar refractivity (Wildman–Crippen MR) is 59.7 cm³/mol. The summed E-state index contributed by atoms with van der Waals surface area (Å²) in [5.74, 6) is 0.762. The molecule has 1 rings (SSSR count). The number of rotatable bonds is 2. The van der Waals surface area contributed by atoms with Crippen LogP contribution in [0.4, 0.5) is 0 Å². The second kappa shape index (κ2) is 4.13. The van der Waals surface area contributed by atoms with Crippen LogP contribution in [0.3, 0.4) is 0 Å². The average molecular weight is 178 g/mol. The second-order valence-electron chi connectivity index (χ2n) is 4.83. The van der Waals surface area contributed by atoms with Crippen LogP contribution >= 0.6 is 0 Å². The van der Waals surface area contributed by atoms with Crippen molar-refractivity contribution in [3.05, 3.63) is 23.8 Å². The standard InChI is InChI=1S/C13H22/c1-5-6-9-12-11(2)8-7-10-13(12,3)4/h5-6,8,12H,7,9-10H2,1-4H3/b6-5+/t12-/m0/s1. The van der Waals surface area contributed by atoms with Crippen LogP contribution in [0, 0.1) is 11.3 Å². The van der Waals surface area contributed by atoms with Crippen LogP contribution in [-0.4, -0.2) is 0 Å². The van der Waals surface area contributed by atoms with E-state index in [9.17, 15) is 0 Å². The molecule has 0 aromatic rings. The van der Waals surface area contributed by atoms with Gasteiger partial charge < -0.3 is 0 Å². The summed E-state index contributed by atoms with van der Waals surface area (Å²) in [7, 11) is 0. The molecular weight excluding hydrogens is 156 g/mol. The number of allylic oxidation sites excluding steroid dienone is 4. The van der Waals surface area contributed by atoms with Gasteiger partial charge in [-0.3, -0.25) is 0 Å². The van der Waals surface area contributed by atoms with Crippen molar-refractivity contribution in [3.8, 4) is 0 Å². The lowest BCUT2D eigenvalue weighted by Crippen LogP contribution is -2.27. The summed E-state index contributed by atoms with van der Waals surface area (Å²) in [5.41, 5.74) is 2.09. The fourth-order valence-electron chi connectivity index (χ4n) is 2.38. The molecule has 74 valence electrons. The maximum atomic E-state index is 2.42. The van der Waals surface area contributed by atoms with Gasteiger partial charge in [0.05, 0.1) is 0 Å². The topological polar surface area (TPSA) is 0 Å². The molecule has 0 unspecified atom stereocenters. The van der Waals surface area contributed by atoms with E-state index in [1.54, 1.807) is 5.57 Å². The van der Waals surface area contributed by atoms with Crippen LogP contribution in [0.5, 0.6) is 0 Å². The zero-order valence-electron chi connectivity index (χ0n) is 9.43. The summed E-state index contributed by atoms with van der Waals surface area (Å²) in [4.78, 5) is 0. The summed E-state index contributed by atoms with van der Waals surface area (Å²) < 4.78 is 0. The minimum Gasteiger partial charge on any atom is -0.0916 e. The molecule has 0 aromatic carbocycles. The minimum absolute atomic E-state index is 0.498. The van der Waals surface area contributed by atoms with Gasteiger partial charge in [0.1, 0.15) is 0 Å². The Morgan fingerprint density at radius 2 is 2.23 bits per heavy atom. The molecule has 0 heteroatoms. The normalized spacial score (nSPS) is 27.7. The van der Waals surface area contributed by atoms with Gasteiger partial charge in [-0.1, -0.05) is 37.6 Å².